The van der Waals surface area contributed by atoms with E-state index in [2.05, 4.69) is 5.10 Å². The van der Waals surface area contributed by atoms with Crippen molar-refractivity contribution < 1.29 is 19.2 Å². The molecule has 1 aliphatic heterocycles. The van der Waals surface area contributed by atoms with E-state index in [0.717, 1.165) is 0 Å². The Hall–Kier alpha value is -2.96. The zero-order valence-electron chi connectivity index (χ0n) is 12.7. The highest BCUT2D eigenvalue weighted by atomic mass is 16.7. The second kappa shape index (κ2) is 5.68. The Labute approximate surface area is 132 Å². The molecule has 2 aromatic rings. The van der Waals surface area contributed by atoms with Crippen LogP contribution in [-0.4, -0.2) is 32.6 Å². The zero-order chi connectivity index (χ0) is 16.6. The highest BCUT2D eigenvalue weighted by molar-refractivity contribution is 6.21. The molecule has 0 fully saturated rings. The van der Waals surface area contributed by atoms with Crippen LogP contribution in [0.5, 0.6) is 0 Å². The van der Waals surface area contributed by atoms with Crippen LogP contribution < -0.4 is 0 Å². The van der Waals surface area contributed by atoms with E-state index >= 15 is 0 Å². The number of carbonyl (C=O) groups is 3. The van der Waals surface area contributed by atoms with Gasteiger partial charge in [-0.05, 0) is 24.1 Å². The van der Waals surface area contributed by atoms with Crippen molar-refractivity contribution in [2.75, 3.05) is 0 Å². The molecule has 7 nitrogen and oxygen atoms in total. The second-order valence-corrected chi connectivity index (χ2v) is 5.65. The van der Waals surface area contributed by atoms with Crippen LogP contribution in [0.15, 0.2) is 36.5 Å². The number of rotatable bonds is 4. The lowest BCUT2D eigenvalue weighted by molar-refractivity contribution is -0.0589. The van der Waals surface area contributed by atoms with Crippen molar-refractivity contribution in [3.8, 4) is 0 Å². The van der Waals surface area contributed by atoms with Crippen molar-refractivity contribution in [1.82, 2.24) is 14.8 Å². The molecule has 3 rings (SSSR count). The number of fused-ring (bicyclic) bond motifs is 1. The van der Waals surface area contributed by atoms with Gasteiger partial charge in [0.25, 0.3) is 11.8 Å². The summed E-state index contributed by atoms with van der Waals surface area (Å²) in [5, 5.41) is 4.57. The maximum Gasteiger partial charge on any atom is 0.384 e. The molecule has 0 bridgehead atoms. The fraction of sp³-hybridized carbons (Fsp3) is 0.250. The Bertz CT molecular complexity index is 759. The van der Waals surface area contributed by atoms with Crippen molar-refractivity contribution in [1.29, 1.82) is 0 Å². The van der Waals surface area contributed by atoms with Crippen molar-refractivity contribution in [2.45, 2.75) is 20.4 Å². The average molecular weight is 313 g/mol. The minimum absolute atomic E-state index is 0.0437. The molecular formula is C16H15N3O4. The first-order valence-corrected chi connectivity index (χ1v) is 7.21. The first kappa shape index (κ1) is 15.0. The molecule has 0 spiro atoms. The van der Waals surface area contributed by atoms with Crippen molar-refractivity contribution >= 4 is 17.8 Å². The second-order valence-electron chi connectivity index (χ2n) is 5.65. The van der Waals surface area contributed by atoms with E-state index in [-0.39, 0.29) is 16.8 Å². The summed E-state index contributed by atoms with van der Waals surface area (Å²) in [5.41, 5.74) is 0.480. The molecule has 0 radical (unpaired) electrons. The molecule has 0 aliphatic carbocycles. The van der Waals surface area contributed by atoms with Crippen LogP contribution in [0, 0.1) is 5.92 Å². The molecule has 118 valence electrons. The van der Waals surface area contributed by atoms with Gasteiger partial charge in [-0.3, -0.25) is 14.3 Å². The van der Waals surface area contributed by atoms with Gasteiger partial charge in [0.2, 0.25) is 0 Å². The highest BCUT2D eigenvalue weighted by Gasteiger charge is 2.39. The van der Waals surface area contributed by atoms with Gasteiger partial charge in [-0.15, -0.1) is 0 Å². The predicted molar refractivity (Wildman–Crippen MR) is 79.4 cm³/mol. The molecule has 1 aliphatic rings. The molecule has 0 unspecified atom stereocenters. The van der Waals surface area contributed by atoms with E-state index in [1.807, 2.05) is 13.8 Å². The monoisotopic (exact) mass is 313 g/mol. The number of benzene rings is 1. The SMILES string of the molecule is CC(C)Cn1ccc(C(=O)ON2C(=O)c3ccccc3C2=O)n1. The van der Waals surface area contributed by atoms with Crippen LogP contribution in [0.4, 0.5) is 0 Å². The van der Waals surface area contributed by atoms with Crippen LogP contribution in [0.3, 0.4) is 0 Å². The largest absolute Gasteiger partial charge is 0.384 e. The minimum atomic E-state index is -0.845. The van der Waals surface area contributed by atoms with E-state index in [4.69, 9.17) is 4.84 Å². The summed E-state index contributed by atoms with van der Waals surface area (Å²) in [6, 6.07) is 7.80. The number of nitrogens with zero attached hydrogens (tertiary/aromatic N) is 3. The van der Waals surface area contributed by atoms with E-state index in [0.29, 0.717) is 17.5 Å². The molecule has 0 atom stereocenters. The maximum atomic E-state index is 12.1. The first-order valence-electron chi connectivity index (χ1n) is 7.21. The van der Waals surface area contributed by atoms with Crippen LogP contribution in [0.2, 0.25) is 0 Å². The van der Waals surface area contributed by atoms with Crippen molar-refractivity contribution in [3.05, 3.63) is 53.3 Å². The number of hydroxylamine groups is 2. The number of aromatic nitrogens is 2. The first-order chi connectivity index (χ1) is 11.0. The molecule has 0 N–H and O–H groups in total. The van der Waals surface area contributed by atoms with Gasteiger partial charge in [0.05, 0.1) is 11.1 Å². The lowest BCUT2D eigenvalue weighted by atomic mass is 10.1. The van der Waals surface area contributed by atoms with Gasteiger partial charge in [-0.1, -0.05) is 31.0 Å². The standard InChI is InChI=1S/C16H15N3O4/c1-10(2)9-18-8-7-13(17-18)16(22)23-19-14(20)11-5-3-4-6-12(11)15(19)21/h3-8,10H,9H2,1-2H3. The summed E-state index contributed by atoms with van der Waals surface area (Å²) in [4.78, 5) is 41.3. The molecule has 7 heteroatoms. The molecule has 2 heterocycles. The number of carbonyl (C=O) groups excluding carboxylic acids is 3. The normalized spacial score (nSPS) is 13.6. The van der Waals surface area contributed by atoms with Gasteiger partial charge in [0.1, 0.15) is 0 Å². The summed E-state index contributed by atoms with van der Waals surface area (Å²) in [6.45, 7) is 4.71. The third-order valence-electron chi connectivity index (χ3n) is 3.33. The lowest BCUT2D eigenvalue weighted by Crippen LogP contribution is -2.32. The number of amides is 2. The Balaban J connectivity index is 1.75. The summed E-state index contributed by atoms with van der Waals surface area (Å²) in [5.74, 6) is -1.78. The van der Waals surface area contributed by atoms with Gasteiger partial charge in [-0.2, -0.15) is 5.10 Å². The topological polar surface area (TPSA) is 81.5 Å². The molecule has 1 aromatic heterocycles. The van der Waals surface area contributed by atoms with E-state index in [1.54, 1.807) is 23.0 Å². The number of hydrogen-bond donors (Lipinski definition) is 0. The quantitative estimate of drug-likeness (QED) is 0.805. The van der Waals surface area contributed by atoms with Crippen LogP contribution in [-0.2, 0) is 11.4 Å². The zero-order valence-corrected chi connectivity index (χ0v) is 12.7. The lowest BCUT2D eigenvalue weighted by Gasteiger charge is -2.11. The van der Waals surface area contributed by atoms with Crippen LogP contribution in [0.25, 0.3) is 0 Å². The van der Waals surface area contributed by atoms with Gasteiger partial charge >= 0.3 is 5.97 Å². The number of imide groups is 1. The molecule has 0 saturated heterocycles. The Kier molecular flexibility index (Phi) is 3.69. The van der Waals surface area contributed by atoms with Crippen LogP contribution in [0.1, 0.15) is 45.1 Å². The van der Waals surface area contributed by atoms with E-state index < -0.39 is 17.8 Å². The smallest absolute Gasteiger partial charge is 0.322 e. The fourth-order valence-electron chi connectivity index (χ4n) is 2.33. The Morgan fingerprint density at radius 1 is 1.13 bits per heavy atom. The molecule has 0 saturated carbocycles. The van der Waals surface area contributed by atoms with Gasteiger partial charge in [-0.25, -0.2) is 4.79 Å². The minimum Gasteiger partial charge on any atom is -0.322 e. The van der Waals surface area contributed by atoms with E-state index in [9.17, 15) is 14.4 Å². The maximum absolute atomic E-state index is 12.1. The molecule has 23 heavy (non-hydrogen) atoms. The Morgan fingerprint density at radius 2 is 1.74 bits per heavy atom. The Morgan fingerprint density at radius 3 is 2.30 bits per heavy atom. The van der Waals surface area contributed by atoms with Gasteiger partial charge in [0, 0.05) is 12.7 Å². The average Bonchev–Trinajstić information content (AvgIpc) is 3.06. The predicted octanol–water partition coefficient (Wildman–Crippen LogP) is 1.91. The van der Waals surface area contributed by atoms with Crippen molar-refractivity contribution in [2.24, 2.45) is 5.92 Å². The van der Waals surface area contributed by atoms with Crippen molar-refractivity contribution in [3.63, 3.8) is 0 Å². The summed E-state index contributed by atoms with van der Waals surface area (Å²) >= 11 is 0. The van der Waals surface area contributed by atoms with Gasteiger partial charge in [0.15, 0.2) is 5.69 Å². The molecule has 1 aromatic carbocycles. The third-order valence-corrected chi connectivity index (χ3v) is 3.33. The number of hydrogen-bond acceptors (Lipinski definition) is 5. The van der Waals surface area contributed by atoms with E-state index in [1.165, 1.54) is 18.2 Å². The third kappa shape index (κ3) is 2.73. The van der Waals surface area contributed by atoms with Crippen LogP contribution >= 0.6 is 0 Å². The highest BCUT2D eigenvalue weighted by Crippen LogP contribution is 2.23. The molecular weight excluding hydrogens is 298 g/mol. The summed E-state index contributed by atoms with van der Waals surface area (Å²) < 4.78 is 1.61. The summed E-state index contributed by atoms with van der Waals surface area (Å²) in [6.07, 6.45) is 1.65. The summed E-state index contributed by atoms with van der Waals surface area (Å²) in [7, 11) is 0. The van der Waals surface area contributed by atoms with Gasteiger partial charge < -0.3 is 4.84 Å². The fourth-order valence-corrected chi connectivity index (χ4v) is 2.33. The molecule has 2 amide bonds.